The molecule has 0 aliphatic carbocycles. The van der Waals surface area contributed by atoms with Crippen LogP contribution < -0.4 is 0 Å². The molecule has 0 amide bonds. The molecule has 566 valence electrons. The quantitative estimate of drug-likeness (QED) is 0.163. The van der Waals surface area contributed by atoms with Gasteiger partial charge < -0.3 is 22.2 Å². The Kier molecular flexibility index (Phi) is 16.6. The maximum Gasteiger partial charge on any atom is 0.151 e. The fraction of sp³-hybridized carbons (Fsp3) is 0. The molecule has 0 saturated heterocycles. The van der Waals surface area contributed by atoms with Gasteiger partial charge in [0, 0.05) is 90.5 Å². The highest BCUT2D eigenvalue weighted by Crippen LogP contribution is 2.46. The zero-order valence-corrected chi connectivity index (χ0v) is 67.2. The second-order valence-electron chi connectivity index (χ2n) is 31.3. The largest absolute Gasteiger partial charge is 0.455 e. The number of nitrogens with zero attached hydrogens (tertiary/aromatic N) is 4. The fourth-order valence-corrected chi connectivity index (χ4v) is 21.4. The molecule has 0 atom stereocenters. The fourth-order valence-electron chi connectivity index (χ4n) is 19.1. The Bertz CT molecular complexity index is 8760. The molecule has 7 heterocycles. The van der Waals surface area contributed by atoms with E-state index in [-0.39, 0.29) is 0 Å². The minimum absolute atomic E-state index is 0.850. The van der Waals surface area contributed by atoms with Gasteiger partial charge >= 0.3 is 0 Å². The van der Waals surface area contributed by atoms with E-state index in [0.29, 0.717) is 0 Å². The van der Waals surface area contributed by atoms with E-state index in [0.717, 1.165) is 22.1 Å². The van der Waals surface area contributed by atoms with Gasteiger partial charge in [-0.25, -0.2) is 0 Å². The lowest BCUT2D eigenvalue weighted by molar-refractivity contribution is 0.661. The summed E-state index contributed by atoms with van der Waals surface area (Å²) in [6.07, 6.45) is 0. The zero-order valence-electron chi connectivity index (χ0n) is 65.6. The summed E-state index contributed by atoms with van der Waals surface area (Å²) in [5, 5.41) is 17.5. The van der Waals surface area contributed by atoms with Crippen LogP contribution >= 0.6 is 22.7 Å². The SMILES string of the molecule is c1ccc(-c2ccc(-c3ccc4c(c3)c3cccc5c6ccccc6sc6ccccc6n4c53)cc2)cc1.c1ccc(-c2ccc(-c3cccc4c3sc3ccccc3n3c5ccccc5c5cccc4c53)cc2)cc1.c1ccc(-n2c3ccccc3c3cc(-c4ccc5c(c4)c4cccc6c7ccccc7oc7ccccc7n5c64)ccc32)cc1. The zero-order chi connectivity index (χ0) is 79.6. The molecule has 19 aromatic carbocycles. The van der Waals surface area contributed by atoms with Crippen molar-refractivity contribution < 1.29 is 4.42 Å². The standard InChI is InChI=1S/C42H26N2O.2C36H23NS/c1-2-11-29(12-3-1)43-36-17-6-4-13-30(36)34-25-27(21-23-37(34)43)28-22-24-38-35(26-28)33-16-10-15-32-31-14-5-8-19-40(31)45-41-20-9-7-18-39(41)44(38)42(32)33;1-2-9-24(10-3-1)25-17-19-26(20-18-25)27-21-22-32-31(23-27)30-13-8-12-29-28-11-4-6-15-34(28)38-35-16-7-5-14-33(35)37(32)36(29)30;1-2-10-24(11-3-1)25-20-22-26(23-21-25)27-13-8-16-31-30-15-9-14-29-28-12-4-5-17-32(28)37(35(29)30)33-18-6-7-19-34(33)38-36(27)31/h1-26H;2*1-23H. The first-order valence-electron chi connectivity index (χ1n) is 41.3. The smallest absolute Gasteiger partial charge is 0.151 e. The number of hydrogen-bond acceptors (Lipinski definition) is 3. The van der Waals surface area contributed by atoms with E-state index in [4.69, 9.17) is 4.42 Å². The molecule has 0 spiro atoms. The number of benzene rings is 19. The second kappa shape index (κ2) is 28.8. The second-order valence-corrected chi connectivity index (χ2v) is 33.4. The van der Waals surface area contributed by atoms with Crippen LogP contribution in [0.3, 0.4) is 0 Å². The average Bonchev–Trinajstić information content (AvgIpc) is 1.59. The predicted molar refractivity (Wildman–Crippen MR) is 518 cm³/mol. The summed E-state index contributed by atoms with van der Waals surface area (Å²) in [5.74, 6) is 0. The van der Waals surface area contributed by atoms with Gasteiger partial charge in [0.1, 0.15) is 5.58 Å². The van der Waals surface area contributed by atoms with E-state index in [1.54, 1.807) is 0 Å². The highest BCUT2D eigenvalue weighted by Gasteiger charge is 2.22. The van der Waals surface area contributed by atoms with Crippen LogP contribution in [0.4, 0.5) is 0 Å². The summed E-state index contributed by atoms with van der Waals surface area (Å²) in [4.78, 5) is 0. The molecule has 7 heteroatoms. The van der Waals surface area contributed by atoms with Crippen molar-refractivity contribution in [3.8, 4) is 61.3 Å². The van der Waals surface area contributed by atoms with Gasteiger partial charge in [-0.1, -0.05) is 328 Å². The average molecular weight is 1580 g/mol. The molecule has 0 fully saturated rings. The Labute approximate surface area is 703 Å². The van der Waals surface area contributed by atoms with Crippen LogP contribution in [-0.2, 0) is 0 Å². The summed E-state index contributed by atoms with van der Waals surface area (Å²) in [6.45, 7) is 0. The van der Waals surface area contributed by atoms with Crippen LogP contribution in [0.1, 0.15) is 0 Å². The summed E-state index contributed by atoms with van der Waals surface area (Å²) in [5.41, 5.74) is 28.6. The van der Waals surface area contributed by atoms with Gasteiger partial charge in [0.15, 0.2) is 5.58 Å². The number of fused-ring (bicyclic) bond motifs is 24. The lowest BCUT2D eigenvalue weighted by Gasteiger charge is -2.11. The van der Waals surface area contributed by atoms with E-state index in [1.807, 2.05) is 34.8 Å². The highest BCUT2D eigenvalue weighted by atomic mass is 32.1. The van der Waals surface area contributed by atoms with Crippen molar-refractivity contribution >= 4 is 189 Å². The Hall–Kier alpha value is -15.4. The van der Waals surface area contributed by atoms with Gasteiger partial charge in [-0.15, -0.1) is 22.7 Å². The molecule has 0 bridgehead atoms. The van der Waals surface area contributed by atoms with Gasteiger partial charge in [-0.3, -0.25) is 0 Å². The van der Waals surface area contributed by atoms with Crippen LogP contribution in [0.2, 0.25) is 0 Å². The summed E-state index contributed by atoms with van der Waals surface area (Å²) >= 11 is 3.73. The maximum absolute atomic E-state index is 6.57. The molecule has 5 nitrogen and oxygen atoms in total. The van der Waals surface area contributed by atoms with Gasteiger partial charge in [0.25, 0.3) is 0 Å². The Morgan fingerprint density at radius 2 is 0.496 bits per heavy atom. The van der Waals surface area contributed by atoms with E-state index < -0.39 is 0 Å². The van der Waals surface area contributed by atoms with Crippen LogP contribution in [-0.4, -0.2) is 17.8 Å². The van der Waals surface area contributed by atoms with Crippen LogP contribution in [0.15, 0.2) is 441 Å². The van der Waals surface area contributed by atoms with E-state index in [2.05, 4.69) is 442 Å². The molecular formula is C114H72N4OS2. The Balaban J connectivity index is 0.000000103. The number of aromatic nitrogens is 4. The van der Waals surface area contributed by atoms with E-state index in [1.165, 1.54) is 205 Å². The van der Waals surface area contributed by atoms with Crippen molar-refractivity contribution in [1.29, 1.82) is 0 Å². The molecule has 0 N–H and O–H groups in total. The van der Waals surface area contributed by atoms with Gasteiger partial charge in [-0.2, -0.15) is 0 Å². The molecule has 0 aliphatic heterocycles. The first kappa shape index (κ1) is 69.9. The van der Waals surface area contributed by atoms with Gasteiger partial charge in [0.05, 0.1) is 70.1 Å². The molecule has 0 radical (unpaired) electrons. The molecule has 0 unspecified atom stereocenters. The first-order valence-corrected chi connectivity index (χ1v) is 42.9. The molecule has 26 aromatic rings. The van der Waals surface area contributed by atoms with E-state index >= 15 is 0 Å². The van der Waals surface area contributed by atoms with E-state index in [9.17, 15) is 0 Å². The minimum Gasteiger partial charge on any atom is -0.455 e. The molecule has 0 saturated carbocycles. The van der Waals surface area contributed by atoms with Crippen molar-refractivity contribution in [2.75, 3.05) is 0 Å². The topological polar surface area (TPSA) is 31.3 Å². The third-order valence-electron chi connectivity index (χ3n) is 24.5. The monoisotopic (exact) mass is 1580 g/mol. The Morgan fingerprint density at radius 3 is 1.07 bits per heavy atom. The minimum atomic E-state index is 0.850. The van der Waals surface area contributed by atoms with Gasteiger partial charge in [0.2, 0.25) is 0 Å². The van der Waals surface area contributed by atoms with Crippen molar-refractivity contribution in [1.82, 2.24) is 17.8 Å². The summed E-state index contributed by atoms with van der Waals surface area (Å²) < 4.78 is 21.4. The molecule has 26 rings (SSSR count). The number of rotatable bonds is 6. The summed E-state index contributed by atoms with van der Waals surface area (Å²) in [6, 6.07) is 158. The predicted octanol–water partition coefficient (Wildman–Crippen LogP) is 32.5. The van der Waals surface area contributed by atoms with Gasteiger partial charge in [-0.05, 0) is 165 Å². The third kappa shape index (κ3) is 11.6. The lowest BCUT2D eigenvalue weighted by atomic mass is 9.98. The molecule has 121 heavy (non-hydrogen) atoms. The molecular weight excluding hydrogens is 1510 g/mol. The van der Waals surface area contributed by atoms with Crippen LogP contribution in [0, 0.1) is 0 Å². The first-order chi connectivity index (χ1) is 60.0. The lowest BCUT2D eigenvalue weighted by Crippen LogP contribution is -1.92. The Morgan fingerprint density at radius 1 is 0.174 bits per heavy atom. The number of para-hydroxylation sites is 11. The van der Waals surface area contributed by atoms with Crippen molar-refractivity contribution in [2.24, 2.45) is 0 Å². The van der Waals surface area contributed by atoms with Crippen LogP contribution in [0.25, 0.3) is 227 Å². The molecule has 7 aromatic heterocycles. The maximum atomic E-state index is 6.57. The third-order valence-corrected chi connectivity index (χ3v) is 26.9. The summed E-state index contributed by atoms with van der Waals surface area (Å²) in [7, 11) is 0. The normalized spacial score (nSPS) is 11.8. The molecule has 0 aliphatic rings. The number of hydrogen-bond donors (Lipinski definition) is 0. The highest BCUT2D eigenvalue weighted by molar-refractivity contribution is 7.25. The van der Waals surface area contributed by atoms with Crippen molar-refractivity contribution in [3.63, 3.8) is 0 Å². The van der Waals surface area contributed by atoms with Crippen molar-refractivity contribution in [3.05, 3.63) is 437 Å². The van der Waals surface area contributed by atoms with Crippen LogP contribution in [0.5, 0.6) is 0 Å². The van der Waals surface area contributed by atoms with Crippen molar-refractivity contribution in [2.45, 2.75) is 0 Å².